The van der Waals surface area contributed by atoms with Crippen LogP contribution in [0.1, 0.15) is 6.42 Å². The van der Waals surface area contributed by atoms with E-state index in [1.54, 1.807) is 12.5 Å². The molecular formula is C15H40Si6. The van der Waals surface area contributed by atoms with Gasteiger partial charge in [-0.15, -0.1) is 0 Å². The molecule has 0 bridgehead atoms. The molecule has 0 atom stereocenters. The molecule has 2 aliphatic heterocycles. The van der Waals surface area contributed by atoms with Crippen LogP contribution in [0.25, 0.3) is 0 Å². The Balaban J connectivity index is 2.71. The summed E-state index contributed by atoms with van der Waals surface area (Å²) < 4.78 is 0.987. The second-order valence-electron chi connectivity index (χ2n) is 11.4. The van der Waals surface area contributed by atoms with Gasteiger partial charge < -0.3 is 0 Å². The van der Waals surface area contributed by atoms with Crippen LogP contribution in [0.5, 0.6) is 0 Å². The highest BCUT2D eigenvalue weighted by atomic mass is 29.7. The standard InChI is InChI=1S/C15H40Si6/c1-16(2)14-13-15(17(3,4)20(16,9)10)18(5,6)21(11,12)19(15,7)8/h13-14H2,1-12H3. The van der Waals surface area contributed by atoms with Crippen molar-refractivity contribution in [2.24, 2.45) is 0 Å². The summed E-state index contributed by atoms with van der Waals surface area (Å²) in [7, 11) is -6.05. The fraction of sp³-hybridized carbons (Fsp3) is 1.00. The Morgan fingerprint density at radius 2 is 0.857 bits per heavy atom. The van der Waals surface area contributed by atoms with Crippen LogP contribution < -0.4 is 0 Å². The highest BCUT2D eigenvalue weighted by Crippen LogP contribution is 2.74. The van der Waals surface area contributed by atoms with Gasteiger partial charge in [0.05, 0.1) is 0 Å². The fourth-order valence-corrected chi connectivity index (χ4v) is 133. The quantitative estimate of drug-likeness (QED) is 0.461. The summed E-state index contributed by atoms with van der Waals surface area (Å²) in [4.78, 5) is 0. The lowest BCUT2D eigenvalue weighted by molar-refractivity contribution is 0.830. The van der Waals surface area contributed by atoms with Crippen molar-refractivity contribution in [1.82, 2.24) is 0 Å². The minimum absolute atomic E-state index is 0.913. The van der Waals surface area contributed by atoms with Crippen LogP contribution in [0.3, 0.4) is 0 Å². The van der Waals surface area contributed by atoms with Gasteiger partial charge in [-0.3, -0.25) is 0 Å². The molecule has 0 aromatic rings. The van der Waals surface area contributed by atoms with Crippen LogP contribution >= 0.6 is 0 Å². The first-order valence-electron chi connectivity index (χ1n) is 8.96. The smallest absolute Gasteiger partial charge is 0.0392 e. The molecule has 0 radical (unpaired) electrons. The summed E-state index contributed by atoms with van der Waals surface area (Å²) in [6, 6.07) is 1.68. The number of rotatable bonds is 0. The third kappa shape index (κ3) is 1.56. The highest BCUT2D eigenvalue weighted by molar-refractivity contribution is 7.87. The molecule has 2 saturated heterocycles. The molecule has 1 spiro atoms. The Morgan fingerprint density at radius 3 is 1.24 bits per heavy atom. The Bertz CT molecular complexity index is 455. The Hall–Kier alpha value is 1.30. The van der Waals surface area contributed by atoms with Crippen molar-refractivity contribution in [2.45, 2.75) is 95.3 Å². The van der Waals surface area contributed by atoms with Crippen molar-refractivity contribution in [3.63, 3.8) is 0 Å². The zero-order valence-electron chi connectivity index (χ0n) is 16.9. The molecule has 2 fully saturated rings. The van der Waals surface area contributed by atoms with Crippen LogP contribution in [-0.2, 0) is 0 Å². The van der Waals surface area contributed by atoms with E-state index in [0.717, 1.165) is 4.28 Å². The van der Waals surface area contributed by atoms with Gasteiger partial charge in [-0.1, -0.05) is 91.0 Å². The Kier molecular flexibility index (Phi) is 3.80. The van der Waals surface area contributed by atoms with Crippen molar-refractivity contribution >= 4 is 44.6 Å². The molecule has 0 amide bonds. The molecule has 0 aromatic carbocycles. The maximum Gasteiger partial charge on any atom is 0.0392 e. The lowest BCUT2D eigenvalue weighted by Crippen LogP contribution is -3.00. The first kappa shape index (κ1) is 18.6. The monoisotopic (exact) mass is 388 g/mol. The average molecular weight is 389 g/mol. The van der Waals surface area contributed by atoms with E-state index in [0.29, 0.717) is 0 Å². The number of hydrogen-bond acceptors (Lipinski definition) is 0. The van der Waals surface area contributed by atoms with Crippen molar-refractivity contribution in [3.05, 3.63) is 0 Å². The fourth-order valence-electron chi connectivity index (χ4n) is 7.26. The average Bonchev–Trinajstić information content (AvgIpc) is 2.25. The molecule has 2 aliphatic rings. The Labute approximate surface area is 139 Å². The zero-order valence-corrected chi connectivity index (χ0v) is 22.9. The predicted molar refractivity (Wildman–Crippen MR) is 117 cm³/mol. The van der Waals surface area contributed by atoms with E-state index in [4.69, 9.17) is 0 Å². The zero-order chi connectivity index (χ0) is 16.9. The van der Waals surface area contributed by atoms with Crippen LogP contribution in [0, 0.1) is 0 Å². The van der Waals surface area contributed by atoms with Crippen molar-refractivity contribution in [1.29, 1.82) is 0 Å². The number of hydrogen-bond donors (Lipinski definition) is 0. The third-order valence-corrected chi connectivity index (χ3v) is 114. The van der Waals surface area contributed by atoms with E-state index in [-0.39, 0.29) is 0 Å². The molecule has 0 aliphatic carbocycles. The minimum atomic E-state index is -1.12. The van der Waals surface area contributed by atoms with Gasteiger partial charge in [-0.2, -0.15) is 0 Å². The SMILES string of the molecule is C[Si]1(C)CCC2([Si](C)(C)[Si]1(C)C)[Si](C)(C)[Si](C)(C)[Si]2(C)C. The molecular weight excluding hydrogens is 349 g/mol. The van der Waals surface area contributed by atoms with Gasteiger partial charge in [-0.05, 0) is 4.28 Å². The summed E-state index contributed by atoms with van der Waals surface area (Å²) in [6.45, 7) is 34.1. The first-order chi connectivity index (χ1) is 8.96. The molecule has 0 aromatic heterocycles. The van der Waals surface area contributed by atoms with Gasteiger partial charge >= 0.3 is 0 Å². The minimum Gasteiger partial charge on any atom is -0.0731 e. The molecule has 2 rings (SSSR count). The van der Waals surface area contributed by atoms with Gasteiger partial charge in [0.1, 0.15) is 0 Å². The molecule has 21 heavy (non-hydrogen) atoms. The Morgan fingerprint density at radius 1 is 0.524 bits per heavy atom. The van der Waals surface area contributed by atoms with Crippen molar-refractivity contribution in [3.8, 4) is 0 Å². The summed E-state index contributed by atoms with van der Waals surface area (Å²) in [6.07, 6.45) is 1.69. The lowest BCUT2D eigenvalue weighted by atomic mass is 10.5. The molecule has 2 heterocycles. The van der Waals surface area contributed by atoms with Gasteiger partial charge in [0.25, 0.3) is 0 Å². The third-order valence-electron chi connectivity index (χ3n) is 10.7. The van der Waals surface area contributed by atoms with Gasteiger partial charge in [-0.25, -0.2) is 0 Å². The van der Waals surface area contributed by atoms with Gasteiger partial charge in [0.2, 0.25) is 0 Å². The van der Waals surface area contributed by atoms with E-state index in [2.05, 4.69) is 78.6 Å². The predicted octanol–water partition coefficient (Wildman–Crippen LogP) is 5.79. The largest absolute Gasteiger partial charge is 0.0731 e. The van der Waals surface area contributed by atoms with Crippen molar-refractivity contribution in [2.75, 3.05) is 0 Å². The van der Waals surface area contributed by atoms with Crippen LogP contribution in [-0.4, -0.2) is 44.6 Å². The van der Waals surface area contributed by atoms with E-state index >= 15 is 0 Å². The van der Waals surface area contributed by atoms with Crippen molar-refractivity contribution < 1.29 is 0 Å². The molecule has 124 valence electrons. The lowest BCUT2D eigenvalue weighted by Gasteiger charge is -2.84. The molecule has 0 N–H and O–H groups in total. The summed E-state index contributed by atoms with van der Waals surface area (Å²) in [5.74, 6) is 0. The maximum atomic E-state index is 2.90. The molecule has 0 nitrogen and oxygen atoms in total. The second-order valence-corrected chi connectivity index (χ2v) is 69.3. The molecule has 6 heteroatoms. The first-order valence-corrected chi connectivity index (χ1v) is 31.2. The molecule has 0 unspecified atom stereocenters. The van der Waals surface area contributed by atoms with Crippen LogP contribution in [0.15, 0.2) is 0 Å². The summed E-state index contributed by atoms with van der Waals surface area (Å²) >= 11 is 0. The molecule has 0 saturated carbocycles. The van der Waals surface area contributed by atoms with E-state index in [1.165, 1.54) is 0 Å². The summed E-state index contributed by atoms with van der Waals surface area (Å²) in [5.41, 5.74) is 0. The summed E-state index contributed by atoms with van der Waals surface area (Å²) in [5, 5.41) is 0. The topological polar surface area (TPSA) is 0 Å². The van der Waals surface area contributed by atoms with E-state index < -0.39 is 44.6 Å². The van der Waals surface area contributed by atoms with Gasteiger partial charge in [0.15, 0.2) is 0 Å². The second kappa shape index (κ2) is 4.28. The maximum absolute atomic E-state index is 2.90. The van der Waals surface area contributed by atoms with Crippen LogP contribution in [0.4, 0.5) is 0 Å². The van der Waals surface area contributed by atoms with E-state index in [9.17, 15) is 0 Å². The van der Waals surface area contributed by atoms with Crippen LogP contribution in [0.2, 0.25) is 88.9 Å². The van der Waals surface area contributed by atoms with Gasteiger partial charge in [0, 0.05) is 44.6 Å². The van der Waals surface area contributed by atoms with E-state index in [1.807, 2.05) is 0 Å². The highest BCUT2D eigenvalue weighted by Gasteiger charge is 2.85. The normalized spacial score (nSPS) is 36.0.